The van der Waals surface area contributed by atoms with E-state index in [9.17, 15) is 0 Å². The molecule has 0 bridgehead atoms. The maximum Gasteiger partial charge on any atom is 0.110 e. The lowest BCUT2D eigenvalue weighted by molar-refractivity contribution is 0.337. The van der Waals surface area contributed by atoms with Gasteiger partial charge in [-0.2, -0.15) is 0 Å². The molecule has 2 fully saturated rings. The van der Waals surface area contributed by atoms with E-state index in [2.05, 4.69) is 35.0 Å². The second-order valence-corrected chi connectivity index (χ2v) is 5.85. The van der Waals surface area contributed by atoms with Crippen LogP contribution in [0.4, 0.5) is 0 Å². The minimum absolute atomic E-state index is 0.723. The van der Waals surface area contributed by atoms with Gasteiger partial charge in [0.25, 0.3) is 0 Å². The van der Waals surface area contributed by atoms with Gasteiger partial charge in [-0.15, -0.1) is 0 Å². The number of hydrogen-bond donors (Lipinski definition) is 1. The van der Waals surface area contributed by atoms with Crippen LogP contribution in [0.2, 0.25) is 0 Å². The zero-order valence-electron chi connectivity index (χ0n) is 10.8. The summed E-state index contributed by atoms with van der Waals surface area (Å²) in [5.41, 5.74) is 3.83. The fraction of sp³-hybridized carbons (Fsp3) is 0.533. The van der Waals surface area contributed by atoms with Crippen LogP contribution < -0.4 is 5.32 Å². The molecule has 0 spiro atoms. The van der Waals surface area contributed by atoms with E-state index in [0.29, 0.717) is 0 Å². The topological polar surface area (TPSA) is 29.9 Å². The molecular formula is C15H19N3. The Morgan fingerprint density at radius 3 is 2.83 bits per heavy atom. The van der Waals surface area contributed by atoms with Crippen LogP contribution in [0.25, 0.3) is 11.0 Å². The van der Waals surface area contributed by atoms with E-state index in [0.717, 1.165) is 31.5 Å². The molecular weight excluding hydrogens is 222 g/mol. The van der Waals surface area contributed by atoms with Gasteiger partial charge in [-0.1, -0.05) is 6.07 Å². The van der Waals surface area contributed by atoms with Crippen LogP contribution in [0, 0.1) is 12.8 Å². The van der Waals surface area contributed by atoms with E-state index in [4.69, 9.17) is 4.98 Å². The van der Waals surface area contributed by atoms with Crippen molar-refractivity contribution in [3.05, 3.63) is 29.6 Å². The van der Waals surface area contributed by atoms with E-state index in [1.807, 2.05) is 0 Å². The fourth-order valence-corrected chi connectivity index (χ4v) is 2.89. The number of aromatic nitrogens is 2. The third-order valence-corrected chi connectivity index (χ3v) is 4.17. The Morgan fingerprint density at radius 2 is 2.17 bits per heavy atom. The summed E-state index contributed by atoms with van der Waals surface area (Å²) in [6.45, 7) is 4.46. The Balaban J connectivity index is 1.81. The van der Waals surface area contributed by atoms with Crippen molar-refractivity contribution in [2.24, 2.45) is 5.92 Å². The second-order valence-electron chi connectivity index (χ2n) is 5.85. The lowest BCUT2D eigenvalue weighted by atomic mass is 9.99. The number of fused-ring (bicyclic) bond motifs is 1. The van der Waals surface area contributed by atoms with Crippen molar-refractivity contribution >= 4 is 11.0 Å². The molecule has 0 amide bonds. The maximum atomic E-state index is 4.89. The Morgan fingerprint density at radius 1 is 1.33 bits per heavy atom. The first kappa shape index (κ1) is 10.6. The molecule has 18 heavy (non-hydrogen) atoms. The maximum absolute atomic E-state index is 4.89. The Bertz CT molecular complexity index is 591. The van der Waals surface area contributed by atoms with E-state index >= 15 is 0 Å². The van der Waals surface area contributed by atoms with Crippen LogP contribution in [0.5, 0.6) is 0 Å². The largest absolute Gasteiger partial charge is 0.325 e. The molecule has 1 saturated carbocycles. The minimum Gasteiger partial charge on any atom is -0.325 e. The fourth-order valence-electron chi connectivity index (χ4n) is 2.89. The highest BCUT2D eigenvalue weighted by Crippen LogP contribution is 2.39. The molecule has 0 radical (unpaired) electrons. The van der Waals surface area contributed by atoms with Crippen molar-refractivity contribution in [3.8, 4) is 0 Å². The average Bonchev–Trinajstić information content (AvgIpc) is 3.06. The summed E-state index contributed by atoms with van der Waals surface area (Å²) in [5, 5.41) is 3.35. The van der Waals surface area contributed by atoms with Gasteiger partial charge in [-0.05, 0) is 56.5 Å². The molecule has 1 N–H and O–H groups in total. The molecule has 1 saturated heterocycles. The molecule has 0 unspecified atom stereocenters. The zero-order chi connectivity index (χ0) is 12.1. The molecule has 3 nitrogen and oxygen atoms in total. The highest BCUT2D eigenvalue weighted by atomic mass is 15.1. The lowest BCUT2D eigenvalue weighted by Gasteiger charge is -2.26. The van der Waals surface area contributed by atoms with Gasteiger partial charge in [-0.3, -0.25) is 0 Å². The molecule has 1 aliphatic carbocycles. The van der Waals surface area contributed by atoms with Crippen molar-refractivity contribution in [1.29, 1.82) is 0 Å². The summed E-state index contributed by atoms with van der Waals surface area (Å²) >= 11 is 0. The molecule has 4 rings (SSSR count). The van der Waals surface area contributed by atoms with Crippen LogP contribution in [0.1, 0.15) is 30.3 Å². The quantitative estimate of drug-likeness (QED) is 0.894. The third kappa shape index (κ3) is 1.65. The van der Waals surface area contributed by atoms with Crippen LogP contribution in [-0.2, 0) is 6.42 Å². The average molecular weight is 241 g/mol. The van der Waals surface area contributed by atoms with E-state index in [-0.39, 0.29) is 0 Å². The molecule has 0 atom stereocenters. The standard InChI is InChI=1S/C15H19N3/c1-10-2-5-14-13(6-10)17-15(7-11-8-16-9-11)18(14)12-3-4-12/h2,5-6,11-12,16H,3-4,7-9H2,1H3. The lowest BCUT2D eigenvalue weighted by Crippen LogP contribution is -2.43. The third-order valence-electron chi connectivity index (χ3n) is 4.17. The van der Waals surface area contributed by atoms with E-state index < -0.39 is 0 Å². The van der Waals surface area contributed by atoms with Crippen molar-refractivity contribution in [2.45, 2.75) is 32.2 Å². The number of benzene rings is 1. The summed E-state index contributed by atoms with van der Waals surface area (Å²) in [7, 11) is 0. The highest BCUT2D eigenvalue weighted by Gasteiger charge is 2.29. The number of aryl methyl sites for hydroxylation is 1. The first-order valence-electron chi connectivity index (χ1n) is 6.99. The first-order valence-corrected chi connectivity index (χ1v) is 6.99. The van der Waals surface area contributed by atoms with Crippen molar-refractivity contribution in [3.63, 3.8) is 0 Å². The van der Waals surface area contributed by atoms with Gasteiger partial charge in [0, 0.05) is 12.5 Å². The Labute approximate surface area is 107 Å². The summed E-state index contributed by atoms with van der Waals surface area (Å²) in [6.07, 6.45) is 3.79. The van der Waals surface area contributed by atoms with Crippen molar-refractivity contribution in [2.75, 3.05) is 13.1 Å². The Kier molecular flexibility index (Phi) is 2.24. The summed E-state index contributed by atoms with van der Waals surface area (Å²) < 4.78 is 2.51. The van der Waals surface area contributed by atoms with Gasteiger partial charge < -0.3 is 9.88 Å². The summed E-state index contributed by atoms with van der Waals surface area (Å²) in [6, 6.07) is 7.40. The molecule has 94 valence electrons. The molecule has 3 heteroatoms. The van der Waals surface area contributed by atoms with Gasteiger partial charge in [0.15, 0.2) is 0 Å². The van der Waals surface area contributed by atoms with Crippen LogP contribution >= 0.6 is 0 Å². The van der Waals surface area contributed by atoms with E-state index in [1.165, 1.54) is 35.3 Å². The van der Waals surface area contributed by atoms with Crippen LogP contribution in [0.15, 0.2) is 18.2 Å². The Hall–Kier alpha value is -1.35. The molecule has 2 aliphatic rings. The SMILES string of the molecule is Cc1ccc2c(c1)nc(CC1CNC1)n2C1CC1. The molecule has 2 aromatic rings. The molecule has 1 aliphatic heterocycles. The molecule has 2 heterocycles. The zero-order valence-corrected chi connectivity index (χ0v) is 10.8. The summed E-state index contributed by atoms with van der Waals surface area (Å²) in [5.74, 6) is 2.10. The van der Waals surface area contributed by atoms with Crippen molar-refractivity contribution < 1.29 is 0 Å². The van der Waals surface area contributed by atoms with E-state index in [1.54, 1.807) is 0 Å². The number of hydrogen-bond acceptors (Lipinski definition) is 2. The first-order chi connectivity index (χ1) is 8.81. The van der Waals surface area contributed by atoms with Gasteiger partial charge in [0.2, 0.25) is 0 Å². The normalized spacial score (nSPS) is 20.3. The van der Waals surface area contributed by atoms with Crippen LogP contribution in [-0.4, -0.2) is 22.6 Å². The molecule has 1 aromatic heterocycles. The number of imidazole rings is 1. The molecule has 1 aromatic carbocycles. The monoisotopic (exact) mass is 241 g/mol. The van der Waals surface area contributed by atoms with Gasteiger partial charge >= 0.3 is 0 Å². The van der Waals surface area contributed by atoms with Gasteiger partial charge in [0.05, 0.1) is 11.0 Å². The minimum atomic E-state index is 0.723. The summed E-state index contributed by atoms with van der Waals surface area (Å²) in [4.78, 5) is 4.89. The highest BCUT2D eigenvalue weighted by molar-refractivity contribution is 5.77. The van der Waals surface area contributed by atoms with Crippen molar-refractivity contribution in [1.82, 2.24) is 14.9 Å². The second kappa shape index (κ2) is 3.82. The van der Waals surface area contributed by atoms with Gasteiger partial charge in [0.1, 0.15) is 5.82 Å². The smallest absolute Gasteiger partial charge is 0.110 e. The number of nitrogens with zero attached hydrogens (tertiary/aromatic N) is 2. The number of rotatable bonds is 3. The predicted octanol–water partition coefficient (Wildman–Crippen LogP) is 2.44. The van der Waals surface area contributed by atoms with Crippen LogP contribution in [0.3, 0.4) is 0 Å². The van der Waals surface area contributed by atoms with Gasteiger partial charge in [-0.25, -0.2) is 4.98 Å². The number of nitrogens with one attached hydrogen (secondary N) is 1. The predicted molar refractivity (Wildman–Crippen MR) is 72.8 cm³/mol.